The Morgan fingerprint density at radius 2 is 1.77 bits per heavy atom. The van der Waals surface area contributed by atoms with Gasteiger partial charge in [0.1, 0.15) is 17.4 Å². The summed E-state index contributed by atoms with van der Waals surface area (Å²) >= 11 is 0. The minimum Gasteiger partial charge on any atom is -0.491 e. The van der Waals surface area contributed by atoms with Crippen molar-refractivity contribution in [1.29, 1.82) is 0 Å². The van der Waals surface area contributed by atoms with Gasteiger partial charge < -0.3 is 4.74 Å². The quantitative estimate of drug-likeness (QED) is 0.704. The molecule has 0 heterocycles. The van der Waals surface area contributed by atoms with Crippen LogP contribution in [0.2, 0.25) is 0 Å². The van der Waals surface area contributed by atoms with Gasteiger partial charge in [-0.3, -0.25) is 0 Å². The van der Waals surface area contributed by atoms with Crippen molar-refractivity contribution in [1.82, 2.24) is 0 Å². The minimum absolute atomic E-state index is 0.0267. The first kappa shape index (κ1) is 9.96. The maximum absolute atomic E-state index is 12.7. The fourth-order valence-corrected chi connectivity index (χ4v) is 0.912. The molecule has 13 heavy (non-hydrogen) atoms. The molecule has 0 fully saturated rings. The van der Waals surface area contributed by atoms with E-state index in [1.165, 1.54) is 12.1 Å². The van der Waals surface area contributed by atoms with Crippen LogP contribution in [0.25, 0.3) is 0 Å². The molecule has 0 spiro atoms. The summed E-state index contributed by atoms with van der Waals surface area (Å²) in [5, 5.41) is 0. The van der Waals surface area contributed by atoms with Crippen molar-refractivity contribution in [2.75, 3.05) is 0 Å². The van der Waals surface area contributed by atoms with Gasteiger partial charge in [-0.2, -0.15) is 0 Å². The normalized spacial score (nSPS) is 12.6. The molecule has 1 aromatic rings. The van der Waals surface area contributed by atoms with Gasteiger partial charge in [-0.15, -0.1) is 0 Å². The first-order valence-electron chi connectivity index (χ1n) is 4.24. The van der Waals surface area contributed by atoms with Gasteiger partial charge in [0.2, 0.25) is 0 Å². The van der Waals surface area contributed by atoms with E-state index in [0.29, 0.717) is 0 Å². The summed E-state index contributed by atoms with van der Waals surface area (Å²) in [7, 11) is 0. The van der Waals surface area contributed by atoms with Crippen LogP contribution >= 0.6 is 0 Å². The molecule has 1 nitrogen and oxygen atoms in total. The summed E-state index contributed by atoms with van der Waals surface area (Å²) in [5.41, 5.74) is 0. The number of ether oxygens (including phenoxy) is 1. The molecule has 1 aromatic carbocycles. The standard InChI is InChI=1S/C10H12F2O/c1-3-7(2)13-10-5-8(11)4-9(12)6-10/h4-7H,3H2,1-2H3. The molecule has 0 saturated heterocycles. The van der Waals surface area contributed by atoms with Gasteiger partial charge in [0.15, 0.2) is 0 Å². The van der Waals surface area contributed by atoms with E-state index in [4.69, 9.17) is 4.74 Å². The summed E-state index contributed by atoms with van der Waals surface area (Å²) in [5.74, 6) is -0.983. The summed E-state index contributed by atoms with van der Waals surface area (Å²) in [6.45, 7) is 3.79. The van der Waals surface area contributed by atoms with E-state index < -0.39 is 11.6 Å². The zero-order valence-corrected chi connectivity index (χ0v) is 7.68. The Labute approximate surface area is 76.3 Å². The van der Waals surface area contributed by atoms with Crippen molar-refractivity contribution in [3.63, 3.8) is 0 Å². The monoisotopic (exact) mass is 186 g/mol. The van der Waals surface area contributed by atoms with E-state index in [2.05, 4.69) is 0 Å². The van der Waals surface area contributed by atoms with Crippen molar-refractivity contribution in [3.8, 4) is 5.75 Å². The fraction of sp³-hybridized carbons (Fsp3) is 0.400. The molecule has 0 aliphatic heterocycles. The summed E-state index contributed by atoms with van der Waals surface area (Å²) in [6.07, 6.45) is 0.777. The highest BCUT2D eigenvalue weighted by molar-refractivity contribution is 5.23. The van der Waals surface area contributed by atoms with Gasteiger partial charge in [0, 0.05) is 18.2 Å². The smallest absolute Gasteiger partial charge is 0.129 e. The Bertz CT molecular complexity index is 266. The van der Waals surface area contributed by atoms with Gasteiger partial charge in [-0.05, 0) is 13.3 Å². The molecular weight excluding hydrogens is 174 g/mol. The predicted molar refractivity (Wildman–Crippen MR) is 46.7 cm³/mol. The van der Waals surface area contributed by atoms with Gasteiger partial charge in [0.05, 0.1) is 6.10 Å². The third-order valence-electron chi connectivity index (χ3n) is 1.75. The lowest BCUT2D eigenvalue weighted by Crippen LogP contribution is -2.09. The molecule has 1 unspecified atom stereocenters. The molecular formula is C10H12F2O. The highest BCUT2D eigenvalue weighted by Crippen LogP contribution is 2.17. The summed E-state index contributed by atoms with van der Waals surface area (Å²) in [6, 6.07) is 3.17. The Morgan fingerprint density at radius 3 is 2.23 bits per heavy atom. The third kappa shape index (κ3) is 3.01. The van der Waals surface area contributed by atoms with Gasteiger partial charge >= 0.3 is 0 Å². The zero-order valence-electron chi connectivity index (χ0n) is 7.68. The van der Waals surface area contributed by atoms with Gasteiger partial charge in [0.25, 0.3) is 0 Å². The number of benzene rings is 1. The summed E-state index contributed by atoms with van der Waals surface area (Å²) in [4.78, 5) is 0. The molecule has 0 bridgehead atoms. The van der Waals surface area contributed by atoms with Crippen molar-refractivity contribution in [3.05, 3.63) is 29.8 Å². The van der Waals surface area contributed by atoms with Crippen molar-refractivity contribution >= 4 is 0 Å². The van der Waals surface area contributed by atoms with Crippen LogP contribution in [-0.4, -0.2) is 6.10 Å². The van der Waals surface area contributed by atoms with Crippen molar-refractivity contribution in [2.24, 2.45) is 0 Å². The lowest BCUT2D eigenvalue weighted by Gasteiger charge is -2.12. The largest absolute Gasteiger partial charge is 0.491 e. The predicted octanol–water partition coefficient (Wildman–Crippen LogP) is 3.14. The third-order valence-corrected chi connectivity index (χ3v) is 1.75. The van der Waals surface area contributed by atoms with Gasteiger partial charge in [-0.1, -0.05) is 6.92 Å². The highest BCUT2D eigenvalue weighted by Gasteiger charge is 2.04. The molecule has 0 aliphatic carbocycles. The van der Waals surface area contributed by atoms with Crippen LogP contribution in [0.1, 0.15) is 20.3 Å². The van der Waals surface area contributed by atoms with E-state index in [1.807, 2.05) is 13.8 Å². The Morgan fingerprint density at radius 1 is 1.23 bits per heavy atom. The molecule has 1 rings (SSSR count). The minimum atomic E-state index is -0.613. The molecule has 0 aromatic heterocycles. The summed E-state index contributed by atoms with van der Waals surface area (Å²) < 4.78 is 30.6. The van der Waals surface area contributed by atoms with Crippen LogP contribution in [0.15, 0.2) is 18.2 Å². The molecule has 0 radical (unpaired) electrons. The van der Waals surface area contributed by atoms with Crippen molar-refractivity contribution in [2.45, 2.75) is 26.4 Å². The van der Waals surface area contributed by atoms with Crippen LogP contribution < -0.4 is 4.74 Å². The van der Waals surface area contributed by atoms with Crippen LogP contribution in [0.5, 0.6) is 5.75 Å². The van der Waals surface area contributed by atoms with Gasteiger partial charge in [-0.25, -0.2) is 8.78 Å². The SMILES string of the molecule is CCC(C)Oc1cc(F)cc(F)c1. The molecule has 0 aliphatic rings. The van der Waals surface area contributed by atoms with Crippen LogP contribution in [0, 0.1) is 11.6 Å². The average Bonchev–Trinajstić information content (AvgIpc) is 2.02. The molecule has 1 atom stereocenters. The molecule has 72 valence electrons. The molecule has 3 heteroatoms. The fourth-order valence-electron chi connectivity index (χ4n) is 0.912. The number of rotatable bonds is 3. The maximum atomic E-state index is 12.7. The second-order valence-corrected chi connectivity index (χ2v) is 2.94. The molecule has 0 N–H and O–H groups in total. The van der Waals surface area contributed by atoms with E-state index in [-0.39, 0.29) is 11.9 Å². The molecule has 0 amide bonds. The van der Waals surface area contributed by atoms with Crippen LogP contribution in [0.4, 0.5) is 8.78 Å². The van der Waals surface area contributed by atoms with E-state index in [9.17, 15) is 8.78 Å². The van der Waals surface area contributed by atoms with Crippen molar-refractivity contribution < 1.29 is 13.5 Å². The lowest BCUT2D eigenvalue weighted by atomic mass is 10.3. The number of hydrogen-bond acceptors (Lipinski definition) is 1. The second-order valence-electron chi connectivity index (χ2n) is 2.94. The Hall–Kier alpha value is -1.12. The highest BCUT2D eigenvalue weighted by atomic mass is 19.1. The number of halogens is 2. The second kappa shape index (κ2) is 4.21. The first-order valence-corrected chi connectivity index (χ1v) is 4.24. The molecule has 0 saturated carbocycles. The first-order chi connectivity index (χ1) is 6.11. The van der Waals surface area contributed by atoms with E-state index in [1.54, 1.807) is 0 Å². The topological polar surface area (TPSA) is 9.23 Å². The maximum Gasteiger partial charge on any atom is 0.129 e. The number of hydrogen-bond donors (Lipinski definition) is 0. The van der Waals surface area contributed by atoms with Crippen LogP contribution in [-0.2, 0) is 0 Å². The Balaban J connectivity index is 2.77. The van der Waals surface area contributed by atoms with E-state index >= 15 is 0 Å². The Kier molecular flexibility index (Phi) is 3.23. The zero-order chi connectivity index (χ0) is 9.84. The van der Waals surface area contributed by atoms with E-state index in [0.717, 1.165) is 12.5 Å². The average molecular weight is 186 g/mol. The lowest BCUT2D eigenvalue weighted by molar-refractivity contribution is 0.215. The van der Waals surface area contributed by atoms with Crippen LogP contribution in [0.3, 0.4) is 0 Å².